The van der Waals surface area contributed by atoms with Crippen molar-refractivity contribution in [3.8, 4) is 0 Å². The molecule has 0 aromatic heterocycles. The summed E-state index contributed by atoms with van der Waals surface area (Å²) in [7, 11) is 0. The van der Waals surface area contributed by atoms with Gasteiger partial charge in [-0.05, 0) is 54.7 Å². The smallest absolute Gasteiger partial charge is 0.0345 e. The lowest BCUT2D eigenvalue weighted by atomic mass is 9.74. The zero-order valence-corrected chi connectivity index (χ0v) is 12.9. The van der Waals surface area contributed by atoms with E-state index in [1.807, 2.05) is 0 Å². The van der Waals surface area contributed by atoms with Gasteiger partial charge < -0.3 is 5.32 Å². The van der Waals surface area contributed by atoms with Gasteiger partial charge >= 0.3 is 0 Å². The lowest BCUT2D eigenvalue weighted by molar-refractivity contribution is 0.212. The molecule has 1 heteroatoms. The molecule has 1 nitrogen and oxygen atoms in total. The van der Waals surface area contributed by atoms with Crippen LogP contribution in [0.25, 0.3) is 0 Å². The highest BCUT2D eigenvalue weighted by molar-refractivity contribution is 5.46. The summed E-state index contributed by atoms with van der Waals surface area (Å²) in [4.78, 5) is 0. The van der Waals surface area contributed by atoms with Crippen LogP contribution >= 0.6 is 0 Å². The van der Waals surface area contributed by atoms with E-state index in [-0.39, 0.29) is 0 Å². The maximum Gasteiger partial charge on any atom is 0.0345 e. The van der Waals surface area contributed by atoms with E-state index in [1.54, 1.807) is 0 Å². The molecule has 1 saturated carbocycles. The van der Waals surface area contributed by atoms with Crippen molar-refractivity contribution in [2.45, 2.75) is 59.4 Å². The molecule has 1 aliphatic carbocycles. The summed E-state index contributed by atoms with van der Waals surface area (Å²) < 4.78 is 0. The van der Waals surface area contributed by atoms with Crippen LogP contribution in [0.5, 0.6) is 0 Å². The maximum absolute atomic E-state index is 3.82. The van der Waals surface area contributed by atoms with Crippen molar-refractivity contribution < 1.29 is 0 Å². The molecule has 106 valence electrons. The standard InChI is InChI=1S/C18H29N/c1-5-15-7-6-8-16(12-15)19-18-11-14(4)9-10-17(18)13(2)3/h6-8,12-14,17-19H,5,9-11H2,1-4H3. The molecule has 3 unspecified atom stereocenters. The van der Waals surface area contributed by atoms with E-state index in [2.05, 4.69) is 57.3 Å². The molecular weight excluding hydrogens is 230 g/mol. The second-order valence-corrected chi connectivity index (χ2v) is 6.63. The Bertz CT molecular complexity index is 396. The van der Waals surface area contributed by atoms with Crippen LogP contribution in [0, 0.1) is 17.8 Å². The highest BCUT2D eigenvalue weighted by Crippen LogP contribution is 2.35. The maximum atomic E-state index is 3.82. The van der Waals surface area contributed by atoms with Crippen LogP contribution < -0.4 is 5.32 Å². The quantitative estimate of drug-likeness (QED) is 0.791. The fourth-order valence-electron chi connectivity index (χ4n) is 3.46. The van der Waals surface area contributed by atoms with E-state index >= 15 is 0 Å². The lowest BCUT2D eigenvalue weighted by Crippen LogP contribution is -2.37. The second kappa shape index (κ2) is 6.45. The third-order valence-electron chi connectivity index (χ3n) is 4.71. The minimum Gasteiger partial charge on any atom is -0.382 e. The minimum atomic E-state index is 0.649. The van der Waals surface area contributed by atoms with Crippen LogP contribution in [0.4, 0.5) is 5.69 Å². The van der Waals surface area contributed by atoms with Gasteiger partial charge in [0.2, 0.25) is 0 Å². The first-order chi connectivity index (χ1) is 9.10. The Morgan fingerprint density at radius 3 is 2.74 bits per heavy atom. The molecule has 0 heterocycles. The van der Waals surface area contributed by atoms with Gasteiger partial charge in [0.15, 0.2) is 0 Å². The van der Waals surface area contributed by atoms with E-state index in [0.29, 0.717) is 6.04 Å². The highest BCUT2D eigenvalue weighted by Gasteiger charge is 2.30. The van der Waals surface area contributed by atoms with Gasteiger partial charge in [-0.3, -0.25) is 0 Å². The predicted molar refractivity (Wildman–Crippen MR) is 84.6 cm³/mol. The third kappa shape index (κ3) is 3.75. The molecular formula is C18H29N. The summed E-state index contributed by atoms with van der Waals surface area (Å²) in [5.41, 5.74) is 2.74. The number of rotatable bonds is 4. The molecule has 0 amide bonds. The molecule has 1 N–H and O–H groups in total. The van der Waals surface area contributed by atoms with Crippen LogP contribution in [-0.4, -0.2) is 6.04 Å². The number of hydrogen-bond donors (Lipinski definition) is 1. The fraction of sp³-hybridized carbons (Fsp3) is 0.667. The van der Waals surface area contributed by atoms with E-state index < -0.39 is 0 Å². The average molecular weight is 259 g/mol. The zero-order valence-electron chi connectivity index (χ0n) is 12.9. The van der Waals surface area contributed by atoms with Crippen molar-refractivity contribution in [2.75, 3.05) is 5.32 Å². The fourth-order valence-corrected chi connectivity index (χ4v) is 3.46. The molecule has 3 atom stereocenters. The molecule has 0 saturated heterocycles. The largest absolute Gasteiger partial charge is 0.382 e. The molecule has 0 bridgehead atoms. The van der Waals surface area contributed by atoms with Gasteiger partial charge in [-0.15, -0.1) is 0 Å². The van der Waals surface area contributed by atoms with Crippen molar-refractivity contribution in [3.05, 3.63) is 29.8 Å². The molecule has 2 rings (SSSR count). The van der Waals surface area contributed by atoms with E-state index in [9.17, 15) is 0 Å². The highest BCUT2D eigenvalue weighted by atomic mass is 14.9. The molecule has 1 aliphatic rings. The van der Waals surface area contributed by atoms with Gasteiger partial charge in [-0.1, -0.05) is 46.2 Å². The zero-order chi connectivity index (χ0) is 13.8. The van der Waals surface area contributed by atoms with E-state index in [1.165, 1.54) is 30.5 Å². The monoisotopic (exact) mass is 259 g/mol. The van der Waals surface area contributed by atoms with Gasteiger partial charge in [0.1, 0.15) is 0 Å². The molecule has 1 aromatic carbocycles. The molecule has 0 radical (unpaired) electrons. The van der Waals surface area contributed by atoms with Crippen LogP contribution in [0.2, 0.25) is 0 Å². The Hall–Kier alpha value is -0.980. The van der Waals surface area contributed by atoms with Crippen LogP contribution in [0.15, 0.2) is 24.3 Å². The minimum absolute atomic E-state index is 0.649. The Balaban J connectivity index is 2.09. The average Bonchev–Trinajstić information content (AvgIpc) is 2.38. The summed E-state index contributed by atoms with van der Waals surface area (Å²) >= 11 is 0. The van der Waals surface area contributed by atoms with Gasteiger partial charge in [-0.2, -0.15) is 0 Å². The SMILES string of the molecule is CCc1cccc(NC2CC(C)CCC2C(C)C)c1. The molecule has 0 spiro atoms. The Labute approximate surface area is 118 Å². The summed E-state index contributed by atoms with van der Waals surface area (Å²) in [6, 6.07) is 9.58. The van der Waals surface area contributed by atoms with Gasteiger partial charge in [0, 0.05) is 11.7 Å². The van der Waals surface area contributed by atoms with Crippen molar-refractivity contribution in [3.63, 3.8) is 0 Å². The van der Waals surface area contributed by atoms with Crippen molar-refractivity contribution in [2.24, 2.45) is 17.8 Å². The first-order valence-electron chi connectivity index (χ1n) is 7.95. The normalized spacial score (nSPS) is 27.5. The third-order valence-corrected chi connectivity index (χ3v) is 4.71. The predicted octanol–water partition coefficient (Wildman–Crippen LogP) is 5.12. The number of anilines is 1. The summed E-state index contributed by atoms with van der Waals surface area (Å²) in [5.74, 6) is 2.46. The van der Waals surface area contributed by atoms with Crippen LogP contribution in [-0.2, 0) is 6.42 Å². The van der Waals surface area contributed by atoms with Crippen LogP contribution in [0.3, 0.4) is 0 Å². The van der Waals surface area contributed by atoms with Crippen molar-refractivity contribution >= 4 is 5.69 Å². The Morgan fingerprint density at radius 2 is 2.05 bits per heavy atom. The second-order valence-electron chi connectivity index (χ2n) is 6.63. The summed E-state index contributed by atoms with van der Waals surface area (Å²) in [6.45, 7) is 9.36. The Morgan fingerprint density at radius 1 is 1.26 bits per heavy atom. The number of benzene rings is 1. The molecule has 19 heavy (non-hydrogen) atoms. The van der Waals surface area contributed by atoms with E-state index in [4.69, 9.17) is 0 Å². The summed E-state index contributed by atoms with van der Waals surface area (Å²) in [6.07, 6.45) is 5.21. The van der Waals surface area contributed by atoms with Crippen molar-refractivity contribution in [1.29, 1.82) is 0 Å². The van der Waals surface area contributed by atoms with Gasteiger partial charge in [-0.25, -0.2) is 0 Å². The first kappa shape index (κ1) is 14.4. The number of aryl methyl sites for hydroxylation is 1. The molecule has 1 aromatic rings. The molecule has 1 fully saturated rings. The first-order valence-corrected chi connectivity index (χ1v) is 7.95. The molecule has 0 aliphatic heterocycles. The van der Waals surface area contributed by atoms with Crippen molar-refractivity contribution in [1.82, 2.24) is 0 Å². The number of nitrogens with one attached hydrogen (secondary N) is 1. The van der Waals surface area contributed by atoms with E-state index in [0.717, 1.165) is 24.2 Å². The van der Waals surface area contributed by atoms with Gasteiger partial charge in [0.25, 0.3) is 0 Å². The Kier molecular flexibility index (Phi) is 4.90. The topological polar surface area (TPSA) is 12.0 Å². The van der Waals surface area contributed by atoms with Gasteiger partial charge in [0.05, 0.1) is 0 Å². The van der Waals surface area contributed by atoms with Crippen LogP contribution in [0.1, 0.15) is 52.5 Å². The summed E-state index contributed by atoms with van der Waals surface area (Å²) in [5, 5.41) is 3.82. The lowest BCUT2D eigenvalue weighted by Gasteiger charge is -2.38. The number of hydrogen-bond acceptors (Lipinski definition) is 1.